The number of carbonyl (C=O) groups is 2. The van der Waals surface area contributed by atoms with Gasteiger partial charge in [0.2, 0.25) is 0 Å². The molecule has 0 radical (unpaired) electrons. The number of benzene rings is 1. The van der Waals surface area contributed by atoms with E-state index in [0.717, 1.165) is 0 Å². The number of nitrogens with one attached hydrogen (secondary N) is 1. The molecule has 0 atom stereocenters. The van der Waals surface area contributed by atoms with Gasteiger partial charge < -0.3 is 10.4 Å². The number of carboxylic acid groups (broad SMARTS) is 1. The van der Waals surface area contributed by atoms with E-state index in [1.807, 2.05) is 0 Å². The van der Waals surface area contributed by atoms with Gasteiger partial charge in [0.1, 0.15) is 0 Å². The maximum Gasteiger partial charge on any atom is 0.338 e. The fourth-order valence-corrected chi connectivity index (χ4v) is 1.78. The first-order valence-electron chi connectivity index (χ1n) is 5.62. The fraction of sp³-hybridized carbons (Fsp3) is 0.0769. The molecule has 1 amide bonds. The summed E-state index contributed by atoms with van der Waals surface area (Å²) >= 11 is 5.58. The number of nitrogens with zero attached hydrogens (tertiary/aromatic N) is 2. The molecule has 0 spiro atoms. The molecular formula is C13H10ClN3O3. The Morgan fingerprint density at radius 1 is 1.20 bits per heavy atom. The van der Waals surface area contributed by atoms with Crippen LogP contribution in [0.3, 0.4) is 0 Å². The Balaban J connectivity index is 2.30. The van der Waals surface area contributed by atoms with Gasteiger partial charge in [-0.05, 0) is 30.7 Å². The van der Waals surface area contributed by atoms with Gasteiger partial charge >= 0.3 is 5.97 Å². The molecule has 0 saturated carbocycles. The van der Waals surface area contributed by atoms with E-state index in [0.29, 0.717) is 5.56 Å². The predicted molar refractivity (Wildman–Crippen MR) is 73.1 cm³/mol. The van der Waals surface area contributed by atoms with E-state index in [9.17, 15) is 9.59 Å². The third-order valence-corrected chi connectivity index (χ3v) is 2.80. The molecule has 102 valence electrons. The summed E-state index contributed by atoms with van der Waals surface area (Å²) in [5, 5.41) is 19.0. The van der Waals surface area contributed by atoms with Gasteiger partial charge in [-0.3, -0.25) is 4.79 Å². The van der Waals surface area contributed by atoms with Crippen LogP contribution in [0.15, 0.2) is 30.3 Å². The molecule has 0 aliphatic carbocycles. The highest BCUT2D eigenvalue weighted by atomic mass is 35.5. The second kappa shape index (κ2) is 5.66. The standard InChI is InChI=1S/C13H10ClN3O3/c1-7-3-2-4-8(11(7)13(19)20)15-12(18)9-5-6-10(14)17-16-9/h2-6H,1H3,(H,15,18)(H,19,20). The summed E-state index contributed by atoms with van der Waals surface area (Å²) in [5.41, 5.74) is 0.853. The highest BCUT2D eigenvalue weighted by molar-refractivity contribution is 6.29. The van der Waals surface area contributed by atoms with Crippen molar-refractivity contribution in [2.24, 2.45) is 0 Å². The van der Waals surface area contributed by atoms with Gasteiger partial charge in [0.05, 0.1) is 11.3 Å². The quantitative estimate of drug-likeness (QED) is 0.906. The molecule has 2 rings (SSSR count). The largest absolute Gasteiger partial charge is 0.478 e. The number of carbonyl (C=O) groups excluding carboxylic acids is 1. The first-order valence-corrected chi connectivity index (χ1v) is 6.00. The summed E-state index contributed by atoms with van der Waals surface area (Å²) in [6, 6.07) is 7.66. The molecule has 0 aliphatic heterocycles. The number of hydrogen-bond acceptors (Lipinski definition) is 4. The van der Waals surface area contributed by atoms with E-state index < -0.39 is 11.9 Å². The van der Waals surface area contributed by atoms with Crippen LogP contribution in [0, 0.1) is 6.92 Å². The molecule has 7 heteroatoms. The number of aryl methyl sites for hydroxylation is 1. The number of carboxylic acids is 1. The minimum Gasteiger partial charge on any atom is -0.478 e. The first-order chi connectivity index (χ1) is 9.49. The van der Waals surface area contributed by atoms with Crippen LogP contribution in [-0.2, 0) is 0 Å². The van der Waals surface area contributed by atoms with Crippen molar-refractivity contribution < 1.29 is 14.7 Å². The normalized spacial score (nSPS) is 10.1. The molecule has 6 nitrogen and oxygen atoms in total. The monoisotopic (exact) mass is 291 g/mol. The van der Waals surface area contributed by atoms with Gasteiger partial charge in [0, 0.05) is 0 Å². The Morgan fingerprint density at radius 2 is 1.95 bits per heavy atom. The Bertz CT molecular complexity index is 671. The molecular weight excluding hydrogens is 282 g/mol. The van der Waals surface area contributed by atoms with Crippen molar-refractivity contribution in [3.8, 4) is 0 Å². The zero-order valence-corrected chi connectivity index (χ0v) is 11.2. The van der Waals surface area contributed by atoms with Crippen LogP contribution in [0.5, 0.6) is 0 Å². The number of amides is 1. The zero-order chi connectivity index (χ0) is 14.7. The third-order valence-electron chi connectivity index (χ3n) is 2.60. The summed E-state index contributed by atoms with van der Waals surface area (Å²) in [7, 11) is 0. The van der Waals surface area contributed by atoms with Gasteiger partial charge in [-0.25, -0.2) is 4.79 Å². The second-order valence-electron chi connectivity index (χ2n) is 4.00. The van der Waals surface area contributed by atoms with E-state index >= 15 is 0 Å². The number of aromatic nitrogens is 2. The molecule has 0 unspecified atom stereocenters. The first kappa shape index (κ1) is 14.0. The van der Waals surface area contributed by atoms with Crippen LogP contribution in [0.1, 0.15) is 26.4 Å². The maximum absolute atomic E-state index is 12.0. The van der Waals surface area contributed by atoms with Gasteiger partial charge in [0.25, 0.3) is 5.91 Å². The van der Waals surface area contributed by atoms with Crippen molar-refractivity contribution in [3.63, 3.8) is 0 Å². The van der Waals surface area contributed by atoms with Crippen LogP contribution in [0.25, 0.3) is 0 Å². The third kappa shape index (κ3) is 2.92. The molecule has 0 saturated heterocycles. The van der Waals surface area contributed by atoms with Crippen LogP contribution in [-0.4, -0.2) is 27.2 Å². The summed E-state index contributed by atoms with van der Waals surface area (Å²) in [6.45, 7) is 1.65. The highest BCUT2D eigenvalue weighted by Crippen LogP contribution is 2.20. The Hall–Kier alpha value is -2.47. The summed E-state index contributed by atoms with van der Waals surface area (Å²) < 4.78 is 0. The Kier molecular flexibility index (Phi) is 3.95. The average Bonchev–Trinajstić information content (AvgIpc) is 2.39. The van der Waals surface area contributed by atoms with Gasteiger partial charge in [-0.2, -0.15) is 0 Å². The lowest BCUT2D eigenvalue weighted by Gasteiger charge is -2.09. The smallest absolute Gasteiger partial charge is 0.338 e. The van der Waals surface area contributed by atoms with E-state index in [4.69, 9.17) is 16.7 Å². The van der Waals surface area contributed by atoms with Gasteiger partial charge in [0.15, 0.2) is 10.8 Å². The Labute approximate surface area is 119 Å². The zero-order valence-electron chi connectivity index (χ0n) is 10.4. The second-order valence-corrected chi connectivity index (χ2v) is 4.39. The van der Waals surface area contributed by atoms with Crippen molar-refractivity contribution >= 4 is 29.2 Å². The molecule has 2 N–H and O–H groups in total. The molecule has 0 aliphatic rings. The summed E-state index contributed by atoms with van der Waals surface area (Å²) in [5.74, 6) is -1.66. The van der Waals surface area contributed by atoms with Crippen LogP contribution in [0.4, 0.5) is 5.69 Å². The molecule has 0 fully saturated rings. The summed E-state index contributed by atoms with van der Waals surface area (Å²) in [6.07, 6.45) is 0. The van der Waals surface area contributed by atoms with Crippen LogP contribution < -0.4 is 5.32 Å². The molecule has 1 aromatic heterocycles. The number of hydrogen-bond donors (Lipinski definition) is 2. The van der Waals surface area contributed by atoms with Gasteiger partial charge in [-0.15, -0.1) is 10.2 Å². The average molecular weight is 292 g/mol. The van der Waals surface area contributed by atoms with E-state index in [1.165, 1.54) is 18.2 Å². The lowest BCUT2D eigenvalue weighted by Crippen LogP contribution is -2.17. The fourth-order valence-electron chi connectivity index (χ4n) is 1.68. The minimum atomic E-state index is -1.11. The Morgan fingerprint density at radius 3 is 2.55 bits per heavy atom. The molecule has 1 heterocycles. The SMILES string of the molecule is Cc1cccc(NC(=O)c2ccc(Cl)nn2)c1C(=O)O. The number of halogens is 1. The van der Waals surface area contributed by atoms with E-state index in [-0.39, 0.29) is 22.1 Å². The van der Waals surface area contributed by atoms with Crippen molar-refractivity contribution in [1.29, 1.82) is 0 Å². The lowest BCUT2D eigenvalue weighted by atomic mass is 10.1. The van der Waals surface area contributed by atoms with Crippen LogP contribution >= 0.6 is 11.6 Å². The number of aromatic carboxylic acids is 1. The number of rotatable bonds is 3. The molecule has 1 aromatic carbocycles. The van der Waals surface area contributed by atoms with Gasteiger partial charge in [-0.1, -0.05) is 23.7 Å². The lowest BCUT2D eigenvalue weighted by molar-refractivity contribution is 0.0697. The minimum absolute atomic E-state index is 0.0442. The molecule has 20 heavy (non-hydrogen) atoms. The topological polar surface area (TPSA) is 92.2 Å². The summed E-state index contributed by atoms with van der Waals surface area (Å²) in [4.78, 5) is 23.2. The molecule has 2 aromatic rings. The maximum atomic E-state index is 12.0. The highest BCUT2D eigenvalue weighted by Gasteiger charge is 2.16. The van der Waals surface area contributed by atoms with Crippen molar-refractivity contribution in [1.82, 2.24) is 10.2 Å². The van der Waals surface area contributed by atoms with Crippen LogP contribution in [0.2, 0.25) is 5.15 Å². The van der Waals surface area contributed by atoms with Crippen molar-refractivity contribution in [2.75, 3.05) is 5.32 Å². The van der Waals surface area contributed by atoms with Crippen molar-refractivity contribution in [2.45, 2.75) is 6.92 Å². The number of anilines is 1. The predicted octanol–water partition coefficient (Wildman–Crippen LogP) is 2.39. The van der Waals surface area contributed by atoms with E-state index in [1.54, 1.807) is 19.1 Å². The van der Waals surface area contributed by atoms with Crippen molar-refractivity contribution in [3.05, 3.63) is 52.3 Å². The molecule has 0 bridgehead atoms. The van der Waals surface area contributed by atoms with E-state index in [2.05, 4.69) is 15.5 Å².